The van der Waals surface area contributed by atoms with E-state index in [9.17, 15) is 19.2 Å². The first kappa shape index (κ1) is 13.8. The highest BCUT2D eigenvalue weighted by Crippen LogP contribution is 2.37. The summed E-state index contributed by atoms with van der Waals surface area (Å²) in [5.41, 5.74) is -0.461. The molecule has 2 N–H and O–H groups in total. The molecule has 1 atom stereocenters. The van der Waals surface area contributed by atoms with Crippen LogP contribution in [0.4, 0.5) is 4.79 Å². The van der Waals surface area contributed by atoms with E-state index in [0.717, 1.165) is 12.8 Å². The van der Waals surface area contributed by atoms with Gasteiger partial charge < -0.3 is 15.1 Å². The fourth-order valence-electron chi connectivity index (χ4n) is 3.28. The first-order chi connectivity index (χ1) is 10.00. The molecule has 114 valence electrons. The van der Waals surface area contributed by atoms with Crippen LogP contribution in [0.5, 0.6) is 0 Å². The fourth-order valence-corrected chi connectivity index (χ4v) is 3.28. The van der Waals surface area contributed by atoms with Gasteiger partial charge in [-0.25, -0.2) is 4.79 Å². The number of nitrogens with one attached hydrogen (secondary N) is 2. The summed E-state index contributed by atoms with van der Waals surface area (Å²) >= 11 is 0. The van der Waals surface area contributed by atoms with Gasteiger partial charge in [0.1, 0.15) is 13.1 Å². The van der Waals surface area contributed by atoms with E-state index in [1.165, 1.54) is 4.90 Å². The molecule has 0 aromatic carbocycles. The summed E-state index contributed by atoms with van der Waals surface area (Å²) in [5.74, 6) is -0.578. The minimum absolute atomic E-state index is 0.0261. The Morgan fingerprint density at radius 1 is 1.24 bits per heavy atom. The molecule has 0 bridgehead atoms. The predicted molar refractivity (Wildman–Crippen MR) is 71.0 cm³/mol. The van der Waals surface area contributed by atoms with E-state index in [0.29, 0.717) is 26.1 Å². The molecule has 0 saturated carbocycles. The summed E-state index contributed by atoms with van der Waals surface area (Å²) in [5, 5.41) is 5.00. The number of urea groups is 1. The second-order valence-corrected chi connectivity index (χ2v) is 5.91. The van der Waals surface area contributed by atoms with Crippen LogP contribution in [-0.2, 0) is 14.4 Å². The van der Waals surface area contributed by atoms with E-state index in [-0.39, 0.29) is 24.9 Å². The summed E-state index contributed by atoms with van der Waals surface area (Å²) in [6.07, 6.45) is 2.39. The van der Waals surface area contributed by atoms with Crippen LogP contribution in [-0.4, -0.2) is 66.3 Å². The molecule has 3 fully saturated rings. The zero-order valence-corrected chi connectivity index (χ0v) is 11.7. The third kappa shape index (κ3) is 2.45. The minimum Gasteiger partial charge on any atom is -0.356 e. The number of piperidine rings is 1. The summed E-state index contributed by atoms with van der Waals surface area (Å²) in [7, 11) is 0. The summed E-state index contributed by atoms with van der Waals surface area (Å²) in [4.78, 5) is 49.7. The van der Waals surface area contributed by atoms with Crippen molar-refractivity contribution >= 4 is 23.8 Å². The lowest BCUT2D eigenvalue weighted by Crippen LogP contribution is -2.48. The van der Waals surface area contributed by atoms with Gasteiger partial charge in [0.15, 0.2) is 0 Å². The van der Waals surface area contributed by atoms with Crippen molar-refractivity contribution in [3.8, 4) is 0 Å². The fraction of sp³-hybridized carbons (Fsp3) is 0.692. The van der Waals surface area contributed by atoms with Crippen LogP contribution in [0.1, 0.15) is 19.3 Å². The number of imide groups is 1. The number of hydrogen-bond donors (Lipinski definition) is 2. The number of carbonyl (C=O) groups excluding carboxylic acids is 4. The molecule has 0 radical (unpaired) electrons. The van der Waals surface area contributed by atoms with E-state index in [2.05, 4.69) is 10.6 Å². The smallest absolute Gasteiger partial charge is 0.325 e. The first-order valence-corrected chi connectivity index (χ1v) is 7.15. The predicted octanol–water partition coefficient (Wildman–Crippen LogP) is -1.33. The van der Waals surface area contributed by atoms with E-state index in [4.69, 9.17) is 0 Å². The van der Waals surface area contributed by atoms with Crippen LogP contribution in [0.25, 0.3) is 0 Å². The molecule has 8 heteroatoms. The Bertz CT molecular complexity index is 520. The van der Waals surface area contributed by atoms with Gasteiger partial charge in [0.25, 0.3) is 0 Å². The van der Waals surface area contributed by atoms with Gasteiger partial charge in [0.2, 0.25) is 17.7 Å². The lowest BCUT2D eigenvalue weighted by molar-refractivity contribution is -0.135. The number of carbonyl (C=O) groups is 4. The van der Waals surface area contributed by atoms with Gasteiger partial charge in [-0.05, 0) is 19.3 Å². The third-order valence-corrected chi connectivity index (χ3v) is 4.50. The Hall–Kier alpha value is -2.12. The van der Waals surface area contributed by atoms with Crippen LogP contribution in [0.3, 0.4) is 0 Å². The molecule has 8 nitrogen and oxygen atoms in total. The maximum Gasteiger partial charge on any atom is 0.325 e. The second-order valence-electron chi connectivity index (χ2n) is 5.91. The normalized spacial score (nSPS) is 29.0. The number of likely N-dealkylation sites (tertiary alicyclic amines) is 1. The van der Waals surface area contributed by atoms with E-state index in [1.807, 2.05) is 0 Å². The van der Waals surface area contributed by atoms with Crippen molar-refractivity contribution in [3.63, 3.8) is 0 Å². The minimum atomic E-state index is -0.530. The highest BCUT2D eigenvalue weighted by molar-refractivity contribution is 6.03. The topological polar surface area (TPSA) is 98.8 Å². The third-order valence-electron chi connectivity index (χ3n) is 4.50. The van der Waals surface area contributed by atoms with Crippen molar-refractivity contribution in [2.24, 2.45) is 5.41 Å². The van der Waals surface area contributed by atoms with E-state index in [1.54, 1.807) is 4.90 Å². The van der Waals surface area contributed by atoms with E-state index >= 15 is 0 Å². The van der Waals surface area contributed by atoms with Crippen molar-refractivity contribution in [1.82, 2.24) is 20.4 Å². The summed E-state index contributed by atoms with van der Waals surface area (Å²) in [6.45, 7) is 1.43. The molecule has 0 aromatic rings. The van der Waals surface area contributed by atoms with Crippen LogP contribution < -0.4 is 10.6 Å². The summed E-state index contributed by atoms with van der Waals surface area (Å²) < 4.78 is 0. The highest BCUT2D eigenvalue weighted by atomic mass is 16.2. The maximum absolute atomic E-state index is 12.2. The number of hydrogen-bond acceptors (Lipinski definition) is 4. The second kappa shape index (κ2) is 5.01. The van der Waals surface area contributed by atoms with Crippen LogP contribution >= 0.6 is 0 Å². The van der Waals surface area contributed by atoms with Crippen molar-refractivity contribution in [3.05, 3.63) is 0 Å². The molecular formula is C13H18N4O4. The Morgan fingerprint density at radius 3 is 2.71 bits per heavy atom. The van der Waals surface area contributed by atoms with Gasteiger partial charge in [-0.1, -0.05) is 0 Å². The molecular weight excluding hydrogens is 276 g/mol. The van der Waals surface area contributed by atoms with Crippen LogP contribution in [0, 0.1) is 5.41 Å². The maximum atomic E-state index is 12.2. The molecule has 3 heterocycles. The molecule has 21 heavy (non-hydrogen) atoms. The number of rotatable bonds is 2. The average Bonchev–Trinajstić information content (AvgIpc) is 2.99. The van der Waals surface area contributed by atoms with Gasteiger partial charge in [-0.2, -0.15) is 0 Å². The summed E-state index contributed by atoms with van der Waals surface area (Å²) in [6, 6.07) is -0.530. The molecule has 5 amide bonds. The van der Waals surface area contributed by atoms with Crippen molar-refractivity contribution < 1.29 is 19.2 Å². The van der Waals surface area contributed by atoms with Gasteiger partial charge in [-0.15, -0.1) is 0 Å². The Labute approximate surface area is 121 Å². The number of amides is 5. The highest BCUT2D eigenvalue weighted by Gasteiger charge is 2.47. The first-order valence-electron chi connectivity index (χ1n) is 7.15. The molecule has 0 aliphatic carbocycles. The lowest BCUT2D eigenvalue weighted by Gasteiger charge is -2.32. The quantitative estimate of drug-likeness (QED) is 0.616. The Morgan fingerprint density at radius 2 is 2.05 bits per heavy atom. The van der Waals surface area contributed by atoms with Gasteiger partial charge in [-0.3, -0.25) is 19.7 Å². The van der Waals surface area contributed by atoms with Crippen molar-refractivity contribution in [1.29, 1.82) is 0 Å². The van der Waals surface area contributed by atoms with Gasteiger partial charge in [0, 0.05) is 19.6 Å². The molecule has 0 unspecified atom stereocenters. The largest absolute Gasteiger partial charge is 0.356 e. The van der Waals surface area contributed by atoms with Crippen molar-refractivity contribution in [2.75, 3.05) is 32.7 Å². The molecule has 3 aliphatic rings. The van der Waals surface area contributed by atoms with E-state index < -0.39 is 17.4 Å². The van der Waals surface area contributed by atoms with Gasteiger partial charge >= 0.3 is 6.03 Å². The Kier molecular flexibility index (Phi) is 3.30. The molecule has 3 saturated heterocycles. The standard InChI is InChI=1S/C13H18N4O4/c18-9-6-17(12(21)15-9)7-10(19)16-5-3-13(8-16)2-1-4-14-11(13)20/h1-8H2,(H,14,20)(H,15,18,21)/t13-/m0/s1. The zero-order valence-electron chi connectivity index (χ0n) is 11.7. The van der Waals surface area contributed by atoms with Gasteiger partial charge in [0.05, 0.1) is 5.41 Å². The molecule has 1 spiro atoms. The van der Waals surface area contributed by atoms with Crippen LogP contribution in [0.15, 0.2) is 0 Å². The van der Waals surface area contributed by atoms with Crippen LogP contribution in [0.2, 0.25) is 0 Å². The molecule has 0 aromatic heterocycles. The lowest BCUT2D eigenvalue weighted by atomic mass is 9.79. The molecule has 3 rings (SSSR count). The average molecular weight is 294 g/mol. The SMILES string of the molecule is O=C1CN(CC(=O)N2CC[C@@]3(CCCNC3=O)C2)C(=O)N1. The number of nitrogens with zero attached hydrogens (tertiary/aromatic N) is 2. The zero-order chi connectivity index (χ0) is 15.0. The van der Waals surface area contributed by atoms with Crippen molar-refractivity contribution in [2.45, 2.75) is 19.3 Å². The molecule has 3 aliphatic heterocycles. The monoisotopic (exact) mass is 294 g/mol. The Balaban J connectivity index is 1.61.